The first-order valence-corrected chi connectivity index (χ1v) is 11.1. The van der Waals surface area contributed by atoms with E-state index in [1.165, 1.54) is 12.1 Å². The third kappa shape index (κ3) is 5.69. The predicted octanol–water partition coefficient (Wildman–Crippen LogP) is 3.28. The molecule has 0 spiro atoms. The molecule has 31 heavy (non-hydrogen) atoms. The summed E-state index contributed by atoms with van der Waals surface area (Å²) in [7, 11) is 1.73. The molecule has 0 radical (unpaired) electrons. The molecule has 7 nitrogen and oxygen atoms in total. The third-order valence-corrected chi connectivity index (χ3v) is 6.01. The number of nitrogens with one attached hydrogen (secondary N) is 2. The molecule has 4 rings (SSSR count). The average molecular weight is 444 g/mol. The van der Waals surface area contributed by atoms with Crippen LogP contribution in [-0.2, 0) is 11.3 Å². The number of guanidine groups is 1. The maximum Gasteiger partial charge on any atom is 0.236 e. The van der Waals surface area contributed by atoms with Crippen LogP contribution < -0.4 is 10.6 Å². The van der Waals surface area contributed by atoms with Crippen LogP contribution in [0, 0.1) is 5.82 Å². The van der Waals surface area contributed by atoms with E-state index < -0.39 is 0 Å². The summed E-state index contributed by atoms with van der Waals surface area (Å²) >= 11 is 1.59. The Kier molecular flexibility index (Phi) is 7.29. The molecule has 0 bridgehead atoms. The van der Waals surface area contributed by atoms with Crippen LogP contribution in [0.1, 0.15) is 17.3 Å². The smallest absolute Gasteiger partial charge is 0.236 e. The molecule has 0 aliphatic carbocycles. The number of morpholine rings is 1. The first-order valence-electron chi connectivity index (χ1n) is 10.2. The van der Waals surface area contributed by atoms with Crippen LogP contribution in [0.25, 0.3) is 10.8 Å². The fourth-order valence-electron chi connectivity index (χ4n) is 3.52. The number of benzene rings is 1. The van der Waals surface area contributed by atoms with Gasteiger partial charge in [0.15, 0.2) is 5.96 Å². The van der Waals surface area contributed by atoms with Crippen molar-refractivity contribution in [3.63, 3.8) is 0 Å². The number of rotatable bonds is 7. The van der Waals surface area contributed by atoms with Gasteiger partial charge in [0.1, 0.15) is 12.1 Å². The lowest BCUT2D eigenvalue weighted by atomic mass is 10.0. The van der Waals surface area contributed by atoms with Crippen LogP contribution in [0.5, 0.6) is 0 Å². The number of aliphatic imine (C=N–C) groups is 1. The number of hydrogen-bond donors (Lipinski definition) is 2. The van der Waals surface area contributed by atoms with Gasteiger partial charge >= 0.3 is 0 Å². The molecule has 3 aromatic rings. The second kappa shape index (κ2) is 10.5. The molecule has 1 aliphatic rings. The fourth-order valence-corrected chi connectivity index (χ4v) is 4.18. The average Bonchev–Trinajstić information content (AvgIpc) is 3.50. The van der Waals surface area contributed by atoms with Gasteiger partial charge < -0.3 is 19.8 Å². The molecule has 0 amide bonds. The molecular weight excluding hydrogens is 417 g/mol. The summed E-state index contributed by atoms with van der Waals surface area (Å²) in [5, 5.41) is 8.67. The Morgan fingerprint density at radius 3 is 2.74 bits per heavy atom. The molecular formula is C22H26FN5O2S. The minimum absolute atomic E-state index is 0.0838. The number of thiophene rings is 1. The van der Waals surface area contributed by atoms with E-state index in [-0.39, 0.29) is 11.9 Å². The largest absolute Gasteiger partial charge is 0.443 e. The molecule has 1 fully saturated rings. The van der Waals surface area contributed by atoms with Gasteiger partial charge in [0, 0.05) is 26.7 Å². The van der Waals surface area contributed by atoms with Crippen molar-refractivity contribution >= 4 is 17.3 Å². The van der Waals surface area contributed by atoms with E-state index in [9.17, 15) is 4.39 Å². The van der Waals surface area contributed by atoms with E-state index in [1.54, 1.807) is 24.6 Å². The quantitative estimate of drug-likeness (QED) is 0.431. The van der Waals surface area contributed by atoms with Gasteiger partial charge in [-0.2, -0.15) is 0 Å². The van der Waals surface area contributed by atoms with Gasteiger partial charge in [-0.05, 0) is 29.1 Å². The summed E-state index contributed by atoms with van der Waals surface area (Å²) in [5.74, 6) is 1.06. The second-order valence-electron chi connectivity index (χ2n) is 7.14. The number of ether oxygens (including phenoxy) is 1. The van der Waals surface area contributed by atoms with Gasteiger partial charge in [-0.15, -0.1) is 11.3 Å². The summed E-state index contributed by atoms with van der Waals surface area (Å²) in [4.78, 5) is 12.2. The Morgan fingerprint density at radius 1 is 1.23 bits per heavy atom. The van der Waals surface area contributed by atoms with Crippen molar-refractivity contribution < 1.29 is 13.5 Å². The Hall–Kier alpha value is -2.75. The van der Waals surface area contributed by atoms with Gasteiger partial charge in [0.05, 0.1) is 36.4 Å². The van der Waals surface area contributed by atoms with Gasteiger partial charge in [0.2, 0.25) is 5.89 Å². The van der Waals surface area contributed by atoms with E-state index in [0.29, 0.717) is 38.2 Å². The van der Waals surface area contributed by atoms with E-state index in [0.717, 1.165) is 29.2 Å². The standard InChI is InChI=1S/C22H26FN5O2S/c1-24-22(25-13-18-15-30-21(27-18)20-3-2-12-31-20)26-14-19(28-8-10-29-11-9-28)16-4-6-17(23)7-5-16/h2-7,12,15,19H,8-11,13-14H2,1H3,(H2,24,25,26). The zero-order valence-electron chi connectivity index (χ0n) is 17.4. The number of hydrogen-bond acceptors (Lipinski definition) is 6. The highest BCUT2D eigenvalue weighted by molar-refractivity contribution is 7.13. The normalized spacial score (nSPS) is 16.3. The molecule has 1 unspecified atom stereocenters. The third-order valence-electron chi connectivity index (χ3n) is 5.15. The summed E-state index contributed by atoms with van der Waals surface area (Å²) < 4.78 is 24.5. The minimum atomic E-state index is -0.232. The number of aromatic nitrogens is 1. The van der Waals surface area contributed by atoms with Crippen molar-refractivity contribution in [2.45, 2.75) is 12.6 Å². The molecule has 2 aromatic heterocycles. The monoisotopic (exact) mass is 443 g/mol. The van der Waals surface area contributed by atoms with Crippen molar-refractivity contribution in [2.24, 2.45) is 4.99 Å². The van der Waals surface area contributed by atoms with Gasteiger partial charge in [-0.25, -0.2) is 9.37 Å². The van der Waals surface area contributed by atoms with Crippen LogP contribution >= 0.6 is 11.3 Å². The molecule has 164 valence electrons. The van der Waals surface area contributed by atoms with Crippen LogP contribution in [0.3, 0.4) is 0 Å². The molecule has 9 heteroatoms. The zero-order chi connectivity index (χ0) is 21.5. The Bertz CT molecular complexity index is 968. The number of oxazole rings is 1. The molecule has 1 aliphatic heterocycles. The van der Waals surface area contributed by atoms with Crippen molar-refractivity contribution in [1.82, 2.24) is 20.5 Å². The summed E-state index contributed by atoms with van der Waals surface area (Å²) in [5.41, 5.74) is 1.86. The van der Waals surface area contributed by atoms with Crippen molar-refractivity contribution in [2.75, 3.05) is 39.9 Å². The molecule has 2 N–H and O–H groups in total. The topological polar surface area (TPSA) is 74.9 Å². The van der Waals surface area contributed by atoms with E-state index in [1.807, 2.05) is 29.6 Å². The van der Waals surface area contributed by atoms with Crippen LogP contribution in [0.4, 0.5) is 4.39 Å². The van der Waals surface area contributed by atoms with E-state index in [2.05, 4.69) is 25.5 Å². The van der Waals surface area contributed by atoms with Gasteiger partial charge in [-0.1, -0.05) is 18.2 Å². The highest BCUT2D eigenvalue weighted by atomic mass is 32.1. The van der Waals surface area contributed by atoms with Crippen molar-refractivity contribution in [3.05, 3.63) is 65.1 Å². The fraction of sp³-hybridized carbons (Fsp3) is 0.364. The molecule has 0 saturated carbocycles. The van der Waals surface area contributed by atoms with Gasteiger partial charge in [-0.3, -0.25) is 9.89 Å². The zero-order valence-corrected chi connectivity index (χ0v) is 18.2. The Labute approximate surface area is 185 Å². The highest BCUT2D eigenvalue weighted by Crippen LogP contribution is 2.24. The summed E-state index contributed by atoms with van der Waals surface area (Å²) in [6.07, 6.45) is 1.66. The van der Waals surface area contributed by atoms with Gasteiger partial charge in [0.25, 0.3) is 0 Å². The maximum absolute atomic E-state index is 13.4. The van der Waals surface area contributed by atoms with Crippen LogP contribution in [-0.4, -0.2) is 55.7 Å². The van der Waals surface area contributed by atoms with Crippen LogP contribution in [0.15, 0.2) is 57.5 Å². The Morgan fingerprint density at radius 2 is 2.03 bits per heavy atom. The molecule has 1 atom stereocenters. The SMILES string of the molecule is CN=C(NCc1coc(-c2cccs2)n1)NCC(c1ccc(F)cc1)N1CCOCC1. The number of halogens is 1. The predicted molar refractivity (Wildman–Crippen MR) is 120 cm³/mol. The first kappa shape index (κ1) is 21.5. The lowest BCUT2D eigenvalue weighted by Gasteiger charge is -2.35. The summed E-state index contributed by atoms with van der Waals surface area (Å²) in [6, 6.07) is 10.7. The lowest BCUT2D eigenvalue weighted by Crippen LogP contribution is -2.46. The Balaban J connectivity index is 1.36. The highest BCUT2D eigenvalue weighted by Gasteiger charge is 2.23. The van der Waals surface area contributed by atoms with E-state index >= 15 is 0 Å². The summed E-state index contributed by atoms with van der Waals surface area (Å²) in [6.45, 7) is 4.19. The van der Waals surface area contributed by atoms with Crippen LogP contribution in [0.2, 0.25) is 0 Å². The van der Waals surface area contributed by atoms with Crippen molar-refractivity contribution in [1.29, 1.82) is 0 Å². The lowest BCUT2D eigenvalue weighted by molar-refractivity contribution is 0.0170. The molecule has 1 aromatic carbocycles. The first-order chi connectivity index (χ1) is 15.2. The van der Waals surface area contributed by atoms with Crippen molar-refractivity contribution in [3.8, 4) is 10.8 Å². The van der Waals surface area contributed by atoms with E-state index in [4.69, 9.17) is 9.15 Å². The molecule has 1 saturated heterocycles. The number of nitrogens with zero attached hydrogens (tertiary/aromatic N) is 3. The maximum atomic E-state index is 13.4. The second-order valence-corrected chi connectivity index (χ2v) is 8.09. The minimum Gasteiger partial charge on any atom is -0.443 e. The molecule has 3 heterocycles.